The lowest BCUT2D eigenvalue weighted by Crippen LogP contribution is -2.04. The number of aromatic nitrogens is 1. The van der Waals surface area contributed by atoms with E-state index in [0.717, 1.165) is 22.5 Å². The van der Waals surface area contributed by atoms with Gasteiger partial charge in [0.05, 0.1) is 16.0 Å². The summed E-state index contributed by atoms with van der Waals surface area (Å²) in [7, 11) is 0. The van der Waals surface area contributed by atoms with E-state index in [1.807, 2.05) is 30.5 Å². The number of carbonyl (C=O) groups is 1. The quantitative estimate of drug-likeness (QED) is 0.553. The predicted octanol–water partition coefficient (Wildman–Crippen LogP) is 2.74. The second-order valence-corrected chi connectivity index (χ2v) is 5.35. The monoisotopic (exact) mass is 325 g/mol. The summed E-state index contributed by atoms with van der Waals surface area (Å²) in [6, 6.07) is 11.5. The van der Waals surface area contributed by atoms with Crippen molar-refractivity contribution >= 4 is 22.6 Å². The highest BCUT2D eigenvalue weighted by atomic mass is 16.6. The largest absolute Gasteiger partial charge is 0.478 e. The first-order valence-corrected chi connectivity index (χ1v) is 7.34. The van der Waals surface area contributed by atoms with Crippen molar-refractivity contribution in [2.75, 3.05) is 6.54 Å². The normalized spacial score (nSPS) is 10.9. The number of carboxylic acid groups (broad SMARTS) is 1. The summed E-state index contributed by atoms with van der Waals surface area (Å²) in [5.41, 5.74) is 7.40. The Kier molecular flexibility index (Phi) is 4.01. The molecule has 0 unspecified atom stereocenters. The van der Waals surface area contributed by atoms with Crippen LogP contribution in [0.3, 0.4) is 0 Å². The standard InChI is InChI=1S/C17H15N3O4/c18-8-7-12-10-19(14-4-2-1-3-13(12)14)15-6-5-11(17(21)22)9-16(15)20(23)24/h1-6,9-10H,7-8,18H2,(H,21,22). The van der Waals surface area contributed by atoms with Crippen molar-refractivity contribution in [3.05, 3.63) is 69.9 Å². The van der Waals surface area contributed by atoms with E-state index in [-0.39, 0.29) is 11.3 Å². The molecule has 0 amide bonds. The van der Waals surface area contributed by atoms with Crippen LogP contribution in [0.5, 0.6) is 0 Å². The van der Waals surface area contributed by atoms with Crippen molar-refractivity contribution < 1.29 is 14.8 Å². The Morgan fingerprint density at radius 3 is 2.67 bits per heavy atom. The highest BCUT2D eigenvalue weighted by molar-refractivity contribution is 5.90. The molecule has 122 valence electrons. The van der Waals surface area contributed by atoms with Crippen LogP contribution in [0.25, 0.3) is 16.6 Å². The molecule has 2 aromatic carbocycles. The molecule has 0 fully saturated rings. The summed E-state index contributed by atoms with van der Waals surface area (Å²) in [4.78, 5) is 21.9. The van der Waals surface area contributed by atoms with Crippen LogP contribution in [-0.2, 0) is 6.42 Å². The van der Waals surface area contributed by atoms with Gasteiger partial charge in [0.2, 0.25) is 0 Å². The topological polar surface area (TPSA) is 111 Å². The Balaban J connectivity index is 2.27. The molecule has 0 aliphatic rings. The summed E-state index contributed by atoms with van der Waals surface area (Å²) >= 11 is 0. The third kappa shape index (κ3) is 2.61. The maximum atomic E-state index is 11.4. The smallest absolute Gasteiger partial charge is 0.335 e. The van der Waals surface area contributed by atoms with Gasteiger partial charge >= 0.3 is 5.97 Å². The van der Waals surface area contributed by atoms with E-state index in [9.17, 15) is 14.9 Å². The summed E-state index contributed by atoms with van der Waals surface area (Å²) in [6.45, 7) is 0.466. The minimum absolute atomic E-state index is 0.121. The van der Waals surface area contributed by atoms with E-state index in [1.165, 1.54) is 12.1 Å². The van der Waals surface area contributed by atoms with Gasteiger partial charge in [0.15, 0.2) is 0 Å². The number of fused-ring (bicyclic) bond motifs is 1. The van der Waals surface area contributed by atoms with E-state index in [4.69, 9.17) is 10.8 Å². The van der Waals surface area contributed by atoms with E-state index >= 15 is 0 Å². The van der Waals surface area contributed by atoms with E-state index in [2.05, 4.69) is 0 Å². The fraction of sp³-hybridized carbons (Fsp3) is 0.118. The van der Waals surface area contributed by atoms with Crippen molar-refractivity contribution in [2.45, 2.75) is 6.42 Å². The lowest BCUT2D eigenvalue weighted by molar-refractivity contribution is -0.384. The van der Waals surface area contributed by atoms with E-state index < -0.39 is 10.9 Å². The van der Waals surface area contributed by atoms with Crippen molar-refractivity contribution in [3.63, 3.8) is 0 Å². The fourth-order valence-electron chi connectivity index (χ4n) is 2.81. The van der Waals surface area contributed by atoms with Gasteiger partial charge in [-0.1, -0.05) is 18.2 Å². The van der Waals surface area contributed by atoms with Crippen LogP contribution >= 0.6 is 0 Å². The number of para-hydroxylation sites is 1. The molecule has 3 N–H and O–H groups in total. The highest BCUT2D eigenvalue weighted by Crippen LogP contribution is 2.30. The summed E-state index contributed by atoms with van der Waals surface area (Å²) in [5.74, 6) is -1.20. The number of nitrogens with two attached hydrogens (primary N) is 1. The third-order valence-corrected chi connectivity index (χ3v) is 3.89. The lowest BCUT2D eigenvalue weighted by atomic mass is 10.1. The molecule has 0 aliphatic heterocycles. The average Bonchev–Trinajstić information content (AvgIpc) is 2.93. The van der Waals surface area contributed by atoms with Crippen LogP contribution in [0.2, 0.25) is 0 Å². The van der Waals surface area contributed by atoms with E-state index in [1.54, 1.807) is 4.57 Å². The molecular formula is C17H15N3O4. The third-order valence-electron chi connectivity index (χ3n) is 3.89. The minimum Gasteiger partial charge on any atom is -0.478 e. The van der Waals surface area contributed by atoms with Crippen LogP contribution < -0.4 is 5.73 Å². The molecule has 0 radical (unpaired) electrons. The Morgan fingerprint density at radius 2 is 2.00 bits per heavy atom. The molecule has 1 aromatic heterocycles. The van der Waals surface area contributed by atoms with Crippen molar-refractivity contribution in [2.24, 2.45) is 5.73 Å². The number of rotatable bonds is 5. The first kappa shape index (κ1) is 15.7. The summed E-state index contributed by atoms with van der Waals surface area (Å²) in [5, 5.41) is 21.4. The molecule has 3 aromatic rings. The lowest BCUT2D eigenvalue weighted by Gasteiger charge is -2.07. The van der Waals surface area contributed by atoms with Gasteiger partial charge in [-0.05, 0) is 36.7 Å². The Hall–Kier alpha value is -3.19. The molecule has 0 aliphatic carbocycles. The molecule has 24 heavy (non-hydrogen) atoms. The number of nitro benzene ring substituents is 1. The molecular weight excluding hydrogens is 310 g/mol. The first-order valence-electron chi connectivity index (χ1n) is 7.34. The molecule has 0 spiro atoms. The maximum Gasteiger partial charge on any atom is 0.335 e. The maximum absolute atomic E-state index is 11.4. The average molecular weight is 325 g/mol. The second-order valence-electron chi connectivity index (χ2n) is 5.35. The van der Waals surface area contributed by atoms with Gasteiger partial charge in [0.1, 0.15) is 5.69 Å². The number of nitrogens with zero attached hydrogens (tertiary/aromatic N) is 2. The van der Waals surface area contributed by atoms with Gasteiger partial charge < -0.3 is 15.4 Å². The Morgan fingerprint density at radius 1 is 1.25 bits per heavy atom. The van der Waals surface area contributed by atoms with Crippen molar-refractivity contribution in [3.8, 4) is 5.69 Å². The number of hydrogen-bond donors (Lipinski definition) is 2. The van der Waals surface area contributed by atoms with Gasteiger partial charge in [0.25, 0.3) is 5.69 Å². The molecule has 3 rings (SSSR count). The first-order chi connectivity index (χ1) is 11.5. The van der Waals surface area contributed by atoms with Crippen LogP contribution in [0.15, 0.2) is 48.7 Å². The molecule has 0 saturated carbocycles. The molecule has 7 nitrogen and oxygen atoms in total. The zero-order valence-electron chi connectivity index (χ0n) is 12.7. The van der Waals surface area contributed by atoms with Gasteiger partial charge in [-0.3, -0.25) is 10.1 Å². The van der Waals surface area contributed by atoms with Gasteiger partial charge in [0, 0.05) is 17.6 Å². The van der Waals surface area contributed by atoms with Gasteiger partial charge in [-0.15, -0.1) is 0 Å². The number of aromatic carboxylic acids is 1. The van der Waals surface area contributed by atoms with Crippen molar-refractivity contribution in [1.82, 2.24) is 4.57 Å². The molecule has 0 bridgehead atoms. The van der Waals surface area contributed by atoms with Gasteiger partial charge in [-0.2, -0.15) is 0 Å². The zero-order chi connectivity index (χ0) is 17.3. The van der Waals surface area contributed by atoms with Crippen LogP contribution in [0, 0.1) is 10.1 Å². The number of hydrogen-bond acceptors (Lipinski definition) is 4. The minimum atomic E-state index is -1.20. The molecule has 0 saturated heterocycles. The molecule has 1 heterocycles. The van der Waals surface area contributed by atoms with Crippen molar-refractivity contribution in [1.29, 1.82) is 0 Å². The Bertz CT molecular complexity index is 946. The van der Waals surface area contributed by atoms with Crippen LogP contribution in [0.4, 0.5) is 5.69 Å². The van der Waals surface area contributed by atoms with Crippen LogP contribution in [0.1, 0.15) is 15.9 Å². The number of carboxylic acids is 1. The Labute approximate surface area is 137 Å². The predicted molar refractivity (Wildman–Crippen MR) is 89.6 cm³/mol. The molecule has 0 atom stereocenters. The summed E-state index contributed by atoms with van der Waals surface area (Å²) < 4.78 is 1.71. The second kappa shape index (κ2) is 6.13. The molecule has 7 heteroatoms. The number of nitro groups is 1. The zero-order valence-corrected chi connectivity index (χ0v) is 12.7. The SMILES string of the molecule is NCCc1cn(-c2ccc(C(=O)O)cc2[N+](=O)[O-])c2ccccc12. The van der Waals surface area contributed by atoms with Gasteiger partial charge in [-0.25, -0.2) is 4.79 Å². The summed E-state index contributed by atoms with van der Waals surface area (Å²) in [6.07, 6.45) is 2.47. The van der Waals surface area contributed by atoms with Crippen LogP contribution in [-0.4, -0.2) is 27.1 Å². The fourth-order valence-corrected chi connectivity index (χ4v) is 2.81. The highest BCUT2D eigenvalue weighted by Gasteiger charge is 2.20. The van der Waals surface area contributed by atoms with E-state index in [0.29, 0.717) is 18.7 Å². The number of benzene rings is 2.